The third-order valence-corrected chi connectivity index (χ3v) is 7.86. The van der Waals surface area contributed by atoms with Crippen molar-refractivity contribution >= 4 is 33.0 Å². The van der Waals surface area contributed by atoms with Crippen LogP contribution in [0, 0.1) is 13.8 Å². The summed E-state index contributed by atoms with van der Waals surface area (Å²) in [5.41, 5.74) is 6.06. The van der Waals surface area contributed by atoms with Gasteiger partial charge in [-0.3, -0.25) is 4.79 Å². The summed E-state index contributed by atoms with van der Waals surface area (Å²) in [4.78, 5) is 18.7. The van der Waals surface area contributed by atoms with E-state index >= 15 is 0 Å². The molecule has 8 heteroatoms. The second-order valence-electron chi connectivity index (χ2n) is 10.7. The van der Waals surface area contributed by atoms with Crippen molar-refractivity contribution in [3.63, 3.8) is 0 Å². The summed E-state index contributed by atoms with van der Waals surface area (Å²) in [5, 5.41) is 5.16. The van der Waals surface area contributed by atoms with Gasteiger partial charge in [0.25, 0.3) is 5.56 Å². The first-order chi connectivity index (χ1) is 20.7. The average molecular weight is 641 g/mol. The molecule has 5 aromatic rings. The number of benzene rings is 4. The molecule has 220 valence electrons. The number of fused-ring (bicyclic) bond motifs is 1. The Morgan fingerprint density at radius 3 is 2.37 bits per heavy atom. The first-order valence-corrected chi connectivity index (χ1v) is 14.8. The summed E-state index contributed by atoms with van der Waals surface area (Å²) in [6, 6.07) is 23.2. The summed E-state index contributed by atoms with van der Waals surface area (Å²) in [6.45, 7) is 8.64. The molecule has 5 rings (SSSR count). The smallest absolute Gasteiger partial charge is 0.282 e. The highest BCUT2D eigenvalue weighted by Gasteiger charge is 2.19. The van der Waals surface area contributed by atoms with Crippen molar-refractivity contribution < 1.29 is 14.2 Å². The molecule has 0 unspecified atom stereocenters. The lowest BCUT2D eigenvalue weighted by Gasteiger charge is -2.17. The van der Waals surface area contributed by atoms with Gasteiger partial charge in [-0.25, -0.2) is 4.98 Å². The van der Waals surface area contributed by atoms with Crippen LogP contribution < -0.4 is 19.8 Å². The summed E-state index contributed by atoms with van der Waals surface area (Å²) >= 11 is 3.63. The van der Waals surface area contributed by atoms with Crippen LogP contribution in [0.25, 0.3) is 22.3 Å². The van der Waals surface area contributed by atoms with Crippen LogP contribution in [0.2, 0.25) is 0 Å². The van der Waals surface area contributed by atoms with Gasteiger partial charge in [0.15, 0.2) is 17.3 Å². The molecule has 0 bridgehead atoms. The van der Waals surface area contributed by atoms with Crippen LogP contribution >= 0.6 is 15.9 Å². The molecule has 0 saturated heterocycles. The Labute approximate surface area is 259 Å². The molecule has 1 aromatic heterocycles. The Bertz CT molecular complexity index is 1880. The standard InChI is InChI=1S/C35H34BrN3O4/c1-21(2)27-18-28(23(4)15-31(27)41-5)34-38-30-10-8-7-9-26(30)35(40)39(34)37-19-25-16-29(36)33(32(17-25)42-6)43-20-24-13-11-22(3)12-14-24/h7-19,21H,20H2,1-6H3. The quantitative estimate of drug-likeness (QED) is 0.153. The van der Waals surface area contributed by atoms with Gasteiger partial charge in [0.2, 0.25) is 0 Å². The molecule has 0 fully saturated rings. The van der Waals surface area contributed by atoms with Crippen molar-refractivity contribution in [3.05, 3.63) is 115 Å². The number of halogens is 1. The van der Waals surface area contributed by atoms with Crippen LogP contribution in [0.1, 0.15) is 47.6 Å². The van der Waals surface area contributed by atoms with Crippen molar-refractivity contribution in [2.45, 2.75) is 40.2 Å². The molecule has 4 aromatic carbocycles. The highest BCUT2D eigenvalue weighted by molar-refractivity contribution is 9.10. The fraction of sp³-hybridized carbons (Fsp3) is 0.229. The topological polar surface area (TPSA) is 74.9 Å². The first-order valence-electron chi connectivity index (χ1n) is 14.0. The van der Waals surface area contributed by atoms with Crippen molar-refractivity contribution in [2.24, 2.45) is 5.10 Å². The van der Waals surface area contributed by atoms with Crippen molar-refractivity contribution in [1.82, 2.24) is 9.66 Å². The average Bonchev–Trinajstić information content (AvgIpc) is 3.00. The van der Waals surface area contributed by atoms with Crippen molar-refractivity contribution in [3.8, 4) is 28.6 Å². The van der Waals surface area contributed by atoms with Gasteiger partial charge in [0.1, 0.15) is 12.4 Å². The molecular weight excluding hydrogens is 606 g/mol. The van der Waals surface area contributed by atoms with E-state index in [4.69, 9.17) is 19.2 Å². The zero-order chi connectivity index (χ0) is 30.7. The number of para-hydroxylation sites is 1. The Hall–Kier alpha value is -4.43. The van der Waals surface area contributed by atoms with Gasteiger partial charge in [-0.15, -0.1) is 0 Å². The lowest BCUT2D eigenvalue weighted by atomic mass is 9.96. The van der Waals surface area contributed by atoms with Crippen LogP contribution in [0.5, 0.6) is 17.2 Å². The Morgan fingerprint density at radius 1 is 0.953 bits per heavy atom. The molecule has 0 aliphatic rings. The largest absolute Gasteiger partial charge is 0.496 e. The number of hydrogen-bond acceptors (Lipinski definition) is 6. The van der Waals surface area contributed by atoms with E-state index in [2.05, 4.69) is 53.9 Å². The minimum atomic E-state index is -0.262. The molecular formula is C35H34BrN3O4. The van der Waals surface area contributed by atoms with Crippen molar-refractivity contribution in [2.75, 3.05) is 14.2 Å². The van der Waals surface area contributed by atoms with Crippen LogP contribution in [-0.2, 0) is 6.61 Å². The number of aryl methyl sites for hydroxylation is 2. The third-order valence-electron chi connectivity index (χ3n) is 7.27. The van der Waals surface area contributed by atoms with E-state index in [1.807, 2.05) is 61.5 Å². The van der Waals surface area contributed by atoms with E-state index in [9.17, 15) is 4.79 Å². The van der Waals surface area contributed by atoms with Gasteiger partial charge >= 0.3 is 0 Å². The second-order valence-corrected chi connectivity index (χ2v) is 11.5. The maximum Gasteiger partial charge on any atom is 0.282 e. The van der Waals surface area contributed by atoms with E-state index in [1.54, 1.807) is 26.5 Å². The number of hydrogen-bond donors (Lipinski definition) is 0. The molecule has 7 nitrogen and oxygen atoms in total. The second kappa shape index (κ2) is 12.8. The van der Waals surface area contributed by atoms with Crippen LogP contribution in [-0.4, -0.2) is 30.1 Å². The van der Waals surface area contributed by atoms with Gasteiger partial charge in [-0.05, 0) is 94.3 Å². The zero-order valence-electron chi connectivity index (χ0n) is 25.1. The van der Waals surface area contributed by atoms with Gasteiger partial charge in [-0.2, -0.15) is 9.78 Å². The summed E-state index contributed by atoms with van der Waals surface area (Å²) < 4.78 is 19.5. The van der Waals surface area contributed by atoms with E-state index in [0.29, 0.717) is 44.9 Å². The number of aromatic nitrogens is 2. The Morgan fingerprint density at radius 2 is 1.67 bits per heavy atom. The predicted octanol–water partition coefficient (Wildman–Crippen LogP) is 8.04. The summed E-state index contributed by atoms with van der Waals surface area (Å²) in [6.07, 6.45) is 1.63. The van der Waals surface area contributed by atoms with E-state index in [-0.39, 0.29) is 11.5 Å². The molecule has 0 radical (unpaired) electrons. The molecule has 0 atom stereocenters. The number of rotatable bonds is 9. The predicted molar refractivity (Wildman–Crippen MR) is 176 cm³/mol. The number of ether oxygens (including phenoxy) is 3. The molecule has 0 aliphatic carbocycles. The molecule has 43 heavy (non-hydrogen) atoms. The minimum absolute atomic E-state index is 0.204. The highest BCUT2D eigenvalue weighted by Crippen LogP contribution is 2.37. The summed E-state index contributed by atoms with van der Waals surface area (Å²) in [7, 11) is 3.26. The fourth-order valence-corrected chi connectivity index (χ4v) is 5.47. The number of methoxy groups -OCH3 is 2. The number of nitrogens with zero attached hydrogens (tertiary/aromatic N) is 3. The molecule has 0 saturated carbocycles. The molecule has 1 heterocycles. The van der Waals surface area contributed by atoms with Crippen LogP contribution in [0.4, 0.5) is 0 Å². The summed E-state index contributed by atoms with van der Waals surface area (Å²) in [5.74, 6) is 2.58. The fourth-order valence-electron chi connectivity index (χ4n) is 4.89. The Kier molecular flexibility index (Phi) is 8.97. The molecule has 0 spiro atoms. The van der Waals surface area contributed by atoms with E-state index in [0.717, 1.165) is 28.0 Å². The molecule has 0 aliphatic heterocycles. The van der Waals surface area contributed by atoms with Crippen LogP contribution in [0.3, 0.4) is 0 Å². The van der Waals surface area contributed by atoms with E-state index in [1.165, 1.54) is 10.2 Å². The molecule has 0 amide bonds. The Balaban J connectivity index is 1.58. The first kappa shape index (κ1) is 30.0. The van der Waals surface area contributed by atoms with Gasteiger partial charge in [0, 0.05) is 5.56 Å². The lowest BCUT2D eigenvalue weighted by molar-refractivity contribution is 0.282. The van der Waals surface area contributed by atoms with E-state index < -0.39 is 0 Å². The van der Waals surface area contributed by atoms with Gasteiger partial charge in [-0.1, -0.05) is 55.8 Å². The van der Waals surface area contributed by atoms with Crippen LogP contribution in [0.15, 0.2) is 87.2 Å². The third kappa shape index (κ3) is 6.34. The highest BCUT2D eigenvalue weighted by atomic mass is 79.9. The normalized spacial score (nSPS) is 11.4. The van der Waals surface area contributed by atoms with Gasteiger partial charge < -0.3 is 14.2 Å². The lowest BCUT2D eigenvalue weighted by Crippen LogP contribution is -2.20. The minimum Gasteiger partial charge on any atom is -0.496 e. The maximum absolute atomic E-state index is 13.8. The SMILES string of the molecule is COc1cc(C)c(-c2nc3ccccc3c(=O)n2N=Cc2cc(Br)c(OCc3ccc(C)cc3)c(OC)c2)cc1C(C)C. The van der Waals surface area contributed by atoms with Crippen molar-refractivity contribution in [1.29, 1.82) is 0 Å². The molecule has 0 N–H and O–H groups in total. The monoisotopic (exact) mass is 639 g/mol. The zero-order valence-corrected chi connectivity index (χ0v) is 26.7. The maximum atomic E-state index is 13.8. The van der Waals surface area contributed by atoms with Gasteiger partial charge in [0.05, 0.1) is 35.8 Å².